The molecule has 1 saturated heterocycles. The number of hydrogen-bond donors (Lipinski definition) is 1. The van der Waals surface area contributed by atoms with Gasteiger partial charge in [0.1, 0.15) is 0 Å². The first kappa shape index (κ1) is 12.9. The van der Waals surface area contributed by atoms with Crippen LogP contribution in [0, 0.1) is 19.8 Å². The standard InChI is InChI=1S/C17H23NO/c1-11-7-8-14(9-12(11)2)17(19)16-10-13-5-3-4-6-15(13)18-16/h7-9,13,15-16,18H,3-6,10H2,1-2H3. The first-order valence-electron chi connectivity index (χ1n) is 7.52. The minimum absolute atomic E-state index is 0.0511. The molecule has 1 N–H and O–H groups in total. The SMILES string of the molecule is Cc1ccc(C(=O)C2CC3CCCCC3N2)cc1C. The fourth-order valence-corrected chi connectivity index (χ4v) is 3.62. The number of nitrogens with one attached hydrogen (secondary N) is 1. The number of carbonyl (C=O) groups is 1. The summed E-state index contributed by atoms with van der Waals surface area (Å²) in [7, 11) is 0. The van der Waals surface area contributed by atoms with Gasteiger partial charge in [-0.3, -0.25) is 4.79 Å². The number of benzene rings is 1. The Morgan fingerprint density at radius 3 is 2.68 bits per heavy atom. The highest BCUT2D eigenvalue weighted by Crippen LogP contribution is 2.34. The molecule has 0 bridgehead atoms. The van der Waals surface area contributed by atoms with Gasteiger partial charge >= 0.3 is 0 Å². The highest BCUT2D eigenvalue weighted by molar-refractivity contribution is 6.00. The second-order valence-corrected chi connectivity index (χ2v) is 6.27. The molecule has 1 aliphatic carbocycles. The number of ketones is 1. The van der Waals surface area contributed by atoms with Crippen molar-refractivity contribution in [3.05, 3.63) is 34.9 Å². The third-order valence-electron chi connectivity index (χ3n) is 4.97. The average molecular weight is 257 g/mol. The van der Waals surface area contributed by atoms with Gasteiger partial charge in [-0.1, -0.05) is 25.0 Å². The Morgan fingerprint density at radius 2 is 1.95 bits per heavy atom. The molecule has 0 radical (unpaired) electrons. The van der Waals surface area contributed by atoms with Crippen LogP contribution < -0.4 is 5.32 Å². The van der Waals surface area contributed by atoms with E-state index >= 15 is 0 Å². The number of Topliss-reactive ketones (excluding diaryl/α,β-unsaturated/α-hetero) is 1. The van der Waals surface area contributed by atoms with Crippen LogP contribution in [0.3, 0.4) is 0 Å². The third-order valence-corrected chi connectivity index (χ3v) is 4.97. The summed E-state index contributed by atoms with van der Waals surface area (Å²) in [6.07, 6.45) is 6.25. The molecule has 2 nitrogen and oxygen atoms in total. The van der Waals surface area contributed by atoms with Gasteiger partial charge in [-0.25, -0.2) is 0 Å². The van der Waals surface area contributed by atoms with E-state index in [-0.39, 0.29) is 11.8 Å². The summed E-state index contributed by atoms with van der Waals surface area (Å²) in [6, 6.07) is 6.73. The summed E-state index contributed by atoms with van der Waals surface area (Å²) in [5.74, 6) is 1.02. The van der Waals surface area contributed by atoms with Crippen LogP contribution in [0.4, 0.5) is 0 Å². The minimum Gasteiger partial charge on any atom is -0.304 e. The van der Waals surface area contributed by atoms with E-state index in [4.69, 9.17) is 0 Å². The summed E-state index contributed by atoms with van der Waals surface area (Å²) >= 11 is 0. The number of aryl methyl sites for hydroxylation is 2. The summed E-state index contributed by atoms with van der Waals surface area (Å²) in [5, 5.41) is 3.58. The van der Waals surface area contributed by atoms with Gasteiger partial charge in [0, 0.05) is 11.6 Å². The number of hydrogen-bond acceptors (Lipinski definition) is 2. The van der Waals surface area contributed by atoms with E-state index in [2.05, 4.69) is 25.2 Å². The van der Waals surface area contributed by atoms with E-state index in [1.807, 2.05) is 12.1 Å². The molecule has 0 spiro atoms. The highest BCUT2D eigenvalue weighted by Gasteiger charge is 2.38. The van der Waals surface area contributed by atoms with E-state index in [0.717, 1.165) is 17.9 Å². The monoisotopic (exact) mass is 257 g/mol. The first-order valence-corrected chi connectivity index (χ1v) is 7.52. The van der Waals surface area contributed by atoms with Gasteiger partial charge in [0.05, 0.1) is 6.04 Å². The molecule has 2 fully saturated rings. The largest absolute Gasteiger partial charge is 0.304 e. The Labute approximate surface area is 115 Å². The maximum absolute atomic E-state index is 12.6. The fourth-order valence-electron chi connectivity index (χ4n) is 3.62. The molecule has 0 aromatic heterocycles. The lowest BCUT2D eigenvalue weighted by atomic mass is 9.84. The van der Waals surface area contributed by atoms with Crippen molar-refractivity contribution in [1.29, 1.82) is 0 Å². The van der Waals surface area contributed by atoms with Gasteiger partial charge in [-0.05, 0) is 56.2 Å². The molecule has 3 rings (SSSR count). The Bertz CT molecular complexity index is 480. The van der Waals surface area contributed by atoms with Crippen LogP contribution in [0.25, 0.3) is 0 Å². The zero-order valence-electron chi connectivity index (χ0n) is 11.9. The second kappa shape index (κ2) is 5.09. The zero-order chi connectivity index (χ0) is 13.4. The molecule has 19 heavy (non-hydrogen) atoms. The van der Waals surface area contributed by atoms with Gasteiger partial charge < -0.3 is 5.32 Å². The van der Waals surface area contributed by atoms with Gasteiger partial charge in [0.25, 0.3) is 0 Å². The maximum atomic E-state index is 12.6. The molecule has 1 aromatic carbocycles. The number of fused-ring (bicyclic) bond motifs is 1. The van der Waals surface area contributed by atoms with Crippen molar-refractivity contribution in [3.63, 3.8) is 0 Å². The van der Waals surface area contributed by atoms with Crippen molar-refractivity contribution in [2.45, 2.75) is 58.0 Å². The predicted octanol–water partition coefficient (Wildman–Crippen LogP) is 3.41. The first-order chi connectivity index (χ1) is 9.15. The van der Waals surface area contributed by atoms with E-state index in [1.165, 1.54) is 36.8 Å². The zero-order valence-corrected chi connectivity index (χ0v) is 11.9. The topological polar surface area (TPSA) is 29.1 Å². The fraction of sp³-hybridized carbons (Fsp3) is 0.588. The van der Waals surface area contributed by atoms with Crippen LogP contribution in [0.1, 0.15) is 53.6 Å². The molecule has 2 aliphatic rings. The maximum Gasteiger partial charge on any atom is 0.179 e. The lowest BCUT2D eigenvalue weighted by Crippen LogP contribution is -2.37. The van der Waals surface area contributed by atoms with Gasteiger partial charge in [-0.15, -0.1) is 0 Å². The van der Waals surface area contributed by atoms with E-state index < -0.39 is 0 Å². The highest BCUT2D eigenvalue weighted by atomic mass is 16.1. The van der Waals surface area contributed by atoms with E-state index in [9.17, 15) is 4.79 Å². The summed E-state index contributed by atoms with van der Waals surface area (Å²) in [5.41, 5.74) is 3.34. The molecule has 1 aliphatic heterocycles. The molecule has 1 aromatic rings. The third kappa shape index (κ3) is 2.46. The summed E-state index contributed by atoms with van der Waals surface area (Å²) in [6.45, 7) is 4.17. The minimum atomic E-state index is 0.0511. The van der Waals surface area contributed by atoms with Crippen LogP contribution in [0.2, 0.25) is 0 Å². The van der Waals surface area contributed by atoms with Crippen molar-refractivity contribution < 1.29 is 4.79 Å². The molecule has 1 heterocycles. The predicted molar refractivity (Wildman–Crippen MR) is 77.5 cm³/mol. The Kier molecular flexibility index (Phi) is 3.44. The lowest BCUT2D eigenvalue weighted by Gasteiger charge is -2.24. The average Bonchev–Trinajstić information content (AvgIpc) is 2.85. The van der Waals surface area contributed by atoms with E-state index in [0.29, 0.717) is 6.04 Å². The van der Waals surface area contributed by atoms with E-state index in [1.54, 1.807) is 0 Å². The molecular formula is C17H23NO. The summed E-state index contributed by atoms with van der Waals surface area (Å²) < 4.78 is 0. The van der Waals surface area contributed by atoms with Crippen LogP contribution in [0.15, 0.2) is 18.2 Å². The van der Waals surface area contributed by atoms with Gasteiger partial charge in [0.2, 0.25) is 0 Å². The van der Waals surface area contributed by atoms with Crippen molar-refractivity contribution in [1.82, 2.24) is 5.32 Å². The van der Waals surface area contributed by atoms with Crippen LogP contribution in [-0.2, 0) is 0 Å². The lowest BCUT2D eigenvalue weighted by molar-refractivity contribution is 0.0949. The molecule has 1 saturated carbocycles. The Morgan fingerprint density at radius 1 is 1.16 bits per heavy atom. The van der Waals surface area contributed by atoms with Crippen LogP contribution in [0.5, 0.6) is 0 Å². The molecule has 0 amide bonds. The molecule has 3 atom stereocenters. The second-order valence-electron chi connectivity index (χ2n) is 6.27. The Balaban J connectivity index is 1.75. The molecule has 3 unspecified atom stereocenters. The van der Waals surface area contributed by atoms with Crippen molar-refractivity contribution in [2.75, 3.05) is 0 Å². The number of rotatable bonds is 2. The van der Waals surface area contributed by atoms with Crippen LogP contribution >= 0.6 is 0 Å². The van der Waals surface area contributed by atoms with Crippen molar-refractivity contribution >= 4 is 5.78 Å². The van der Waals surface area contributed by atoms with Gasteiger partial charge in [-0.2, -0.15) is 0 Å². The van der Waals surface area contributed by atoms with Gasteiger partial charge in [0.15, 0.2) is 5.78 Å². The smallest absolute Gasteiger partial charge is 0.179 e. The van der Waals surface area contributed by atoms with Crippen molar-refractivity contribution in [3.8, 4) is 0 Å². The van der Waals surface area contributed by atoms with Crippen LogP contribution in [-0.4, -0.2) is 17.9 Å². The molecular weight excluding hydrogens is 234 g/mol. The van der Waals surface area contributed by atoms with Crippen molar-refractivity contribution in [2.24, 2.45) is 5.92 Å². The summed E-state index contributed by atoms with van der Waals surface area (Å²) in [4.78, 5) is 12.6. The molecule has 102 valence electrons. The number of carbonyl (C=O) groups excluding carboxylic acids is 1. The quantitative estimate of drug-likeness (QED) is 0.823. The molecule has 2 heteroatoms. The normalized spacial score (nSPS) is 30.1. The Hall–Kier alpha value is -1.15.